The molecule has 0 saturated carbocycles. The molecule has 0 bridgehead atoms. The highest BCUT2D eigenvalue weighted by Gasteiger charge is 2.23. The highest BCUT2D eigenvalue weighted by Crippen LogP contribution is 2.26. The lowest BCUT2D eigenvalue weighted by Crippen LogP contribution is -2.14. The van der Waals surface area contributed by atoms with Crippen LogP contribution in [0.3, 0.4) is 0 Å². The van der Waals surface area contributed by atoms with E-state index in [0.29, 0.717) is 5.89 Å². The number of para-hydroxylation sites is 1. The van der Waals surface area contributed by atoms with Crippen molar-refractivity contribution < 1.29 is 4.42 Å². The Morgan fingerprint density at radius 3 is 3.16 bits per heavy atom. The molecule has 0 atom stereocenters. The first-order valence-electron chi connectivity index (χ1n) is 5.95. The summed E-state index contributed by atoms with van der Waals surface area (Å²) in [5, 5.41) is 0. The number of H-pyrrole nitrogens is 1. The van der Waals surface area contributed by atoms with Gasteiger partial charge in [0, 0.05) is 23.1 Å². The monoisotopic (exact) mass is 316 g/mol. The maximum Gasteiger partial charge on any atom is 0.248 e. The third-order valence-corrected chi connectivity index (χ3v) is 3.79. The van der Waals surface area contributed by atoms with E-state index in [1.165, 1.54) is 0 Å². The van der Waals surface area contributed by atoms with E-state index in [1.54, 1.807) is 6.33 Å². The van der Waals surface area contributed by atoms with Crippen molar-refractivity contribution in [3.05, 3.63) is 46.3 Å². The minimum absolute atomic E-state index is 0.523. The molecule has 19 heavy (non-hydrogen) atoms. The summed E-state index contributed by atoms with van der Waals surface area (Å²) in [4.78, 5) is 16.5. The molecule has 1 N–H and O–H groups in total. The number of rotatable bonds is 1. The number of fused-ring (bicyclic) bond motifs is 2. The smallest absolute Gasteiger partial charge is 0.248 e. The first-order chi connectivity index (χ1) is 9.33. The summed E-state index contributed by atoms with van der Waals surface area (Å²) in [6.45, 7) is 0.727. The number of halogens is 1. The number of aromatic nitrogens is 3. The quantitative estimate of drug-likeness (QED) is 0.750. The highest BCUT2D eigenvalue weighted by atomic mass is 79.9. The van der Waals surface area contributed by atoms with E-state index in [4.69, 9.17) is 4.42 Å². The Hall–Kier alpha value is -1.95. The summed E-state index contributed by atoms with van der Waals surface area (Å²) in [5.41, 5.74) is 4.21. The van der Waals surface area contributed by atoms with Gasteiger partial charge in [0.1, 0.15) is 16.9 Å². The Morgan fingerprint density at radius 1 is 1.32 bits per heavy atom. The number of aromatic amines is 1. The molecule has 1 aliphatic heterocycles. The molecule has 3 heterocycles. The average Bonchev–Trinajstić information content (AvgIpc) is 3.05. The van der Waals surface area contributed by atoms with Gasteiger partial charge in [-0.1, -0.05) is 6.07 Å². The predicted molar refractivity (Wildman–Crippen MR) is 74.5 cm³/mol. The van der Waals surface area contributed by atoms with Crippen LogP contribution in [0.15, 0.2) is 38.4 Å². The van der Waals surface area contributed by atoms with Crippen molar-refractivity contribution in [2.24, 2.45) is 4.99 Å². The Labute approximate surface area is 116 Å². The number of benzene rings is 1. The third-order valence-electron chi connectivity index (χ3n) is 3.15. The molecule has 3 aromatic rings. The number of hydrogen-bond acceptors (Lipinski definition) is 4. The van der Waals surface area contributed by atoms with E-state index in [2.05, 4.69) is 35.9 Å². The van der Waals surface area contributed by atoms with Gasteiger partial charge in [0.15, 0.2) is 5.58 Å². The van der Waals surface area contributed by atoms with Crippen LogP contribution in [0.1, 0.15) is 17.3 Å². The van der Waals surface area contributed by atoms with E-state index < -0.39 is 0 Å². The van der Waals surface area contributed by atoms with Crippen LogP contribution in [0.4, 0.5) is 0 Å². The Balaban J connectivity index is 1.92. The van der Waals surface area contributed by atoms with Gasteiger partial charge in [0.05, 0.1) is 6.33 Å². The molecule has 0 radical (unpaired) electrons. The van der Waals surface area contributed by atoms with Gasteiger partial charge in [-0.2, -0.15) is 0 Å². The number of oxazole rings is 1. The number of nitrogens with zero attached hydrogens (tertiary/aromatic N) is 3. The summed E-state index contributed by atoms with van der Waals surface area (Å²) < 4.78 is 6.70. The lowest BCUT2D eigenvalue weighted by Gasteiger charge is -2.08. The van der Waals surface area contributed by atoms with E-state index >= 15 is 0 Å². The summed E-state index contributed by atoms with van der Waals surface area (Å²) in [6, 6.07) is 5.76. The van der Waals surface area contributed by atoms with Crippen molar-refractivity contribution in [2.75, 3.05) is 6.54 Å². The molecular formula is C13H9BrN4O. The molecular weight excluding hydrogens is 308 g/mol. The fraction of sp³-hybridized carbons (Fsp3) is 0.154. The fourth-order valence-corrected chi connectivity index (χ4v) is 2.69. The Morgan fingerprint density at radius 2 is 2.26 bits per heavy atom. The van der Waals surface area contributed by atoms with Crippen molar-refractivity contribution in [3.8, 4) is 0 Å². The normalized spacial score (nSPS) is 14.5. The molecule has 5 nitrogen and oxygen atoms in total. The summed E-state index contributed by atoms with van der Waals surface area (Å²) in [5.74, 6) is 0.523. The van der Waals surface area contributed by atoms with Crippen molar-refractivity contribution in [1.82, 2.24) is 15.0 Å². The minimum Gasteiger partial charge on any atom is -0.435 e. The van der Waals surface area contributed by atoms with Gasteiger partial charge < -0.3 is 9.40 Å². The first kappa shape index (κ1) is 10.9. The molecule has 94 valence electrons. The molecule has 0 spiro atoms. The average molecular weight is 317 g/mol. The second kappa shape index (κ2) is 4.03. The van der Waals surface area contributed by atoms with Gasteiger partial charge in [-0.25, -0.2) is 9.97 Å². The van der Waals surface area contributed by atoms with E-state index in [0.717, 1.165) is 45.6 Å². The van der Waals surface area contributed by atoms with Crippen LogP contribution in [0.5, 0.6) is 0 Å². The van der Waals surface area contributed by atoms with Crippen LogP contribution in [-0.2, 0) is 6.42 Å². The molecule has 0 aliphatic carbocycles. The maximum absolute atomic E-state index is 5.79. The fourth-order valence-electron chi connectivity index (χ4n) is 2.26. The van der Waals surface area contributed by atoms with Crippen LogP contribution in [0.2, 0.25) is 0 Å². The Bertz CT molecular complexity index is 802. The molecule has 6 heteroatoms. The van der Waals surface area contributed by atoms with Crippen LogP contribution < -0.4 is 0 Å². The van der Waals surface area contributed by atoms with Crippen molar-refractivity contribution >= 4 is 32.7 Å². The van der Waals surface area contributed by atoms with Gasteiger partial charge in [-0.15, -0.1) is 0 Å². The second-order valence-corrected chi connectivity index (χ2v) is 5.17. The lowest BCUT2D eigenvalue weighted by atomic mass is 10.1. The number of aliphatic imine (C=N–C) groups is 1. The standard InChI is InChI=1S/C13H9BrN4O/c14-7-2-1-3-9-10(7)18-13(19-9)12-11-8(4-5-15-12)16-6-17-11/h1-3,6H,4-5H2,(H,16,17). The zero-order valence-corrected chi connectivity index (χ0v) is 11.4. The van der Waals surface area contributed by atoms with Crippen LogP contribution in [0.25, 0.3) is 11.1 Å². The zero-order chi connectivity index (χ0) is 12.8. The molecule has 0 fully saturated rings. The van der Waals surface area contributed by atoms with Crippen molar-refractivity contribution in [1.29, 1.82) is 0 Å². The van der Waals surface area contributed by atoms with Crippen LogP contribution in [-0.4, -0.2) is 27.2 Å². The van der Waals surface area contributed by atoms with Crippen LogP contribution in [0, 0.1) is 0 Å². The van der Waals surface area contributed by atoms with Gasteiger partial charge in [-0.05, 0) is 28.1 Å². The van der Waals surface area contributed by atoms with Crippen LogP contribution >= 0.6 is 15.9 Å². The molecule has 0 amide bonds. The van der Waals surface area contributed by atoms with E-state index in [9.17, 15) is 0 Å². The van der Waals surface area contributed by atoms with Gasteiger partial charge in [-0.3, -0.25) is 4.99 Å². The Kier molecular flexibility index (Phi) is 2.32. The van der Waals surface area contributed by atoms with E-state index in [1.807, 2.05) is 18.2 Å². The molecule has 4 rings (SSSR count). The van der Waals surface area contributed by atoms with Crippen molar-refractivity contribution in [3.63, 3.8) is 0 Å². The summed E-state index contributed by atoms with van der Waals surface area (Å²) in [7, 11) is 0. The molecule has 1 aromatic carbocycles. The molecule has 2 aromatic heterocycles. The molecule has 0 saturated heterocycles. The van der Waals surface area contributed by atoms with Gasteiger partial charge >= 0.3 is 0 Å². The first-order valence-corrected chi connectivity index (χ1v) is 6.75. The number of imidazole rings is 1. The minimum atomic E-state index is 0.523. The molecule has 0 unspecified atom stereocenters. The van der Waals surface area contributed by atoms with Gasteiger partial charge in [0.2, 0.25) is 5.89 Å². The number of hydrogen-bond donors (Lipinski definition) is 1. The van der Waals surface area contributed by atoms with Crippen molar-refractivity contribution in [2.45, 2.75) is 6.42 Å². The van der Waals surface area contributed by atoms with E-state index in [-0.39, 0.29) is 0 Å². The second-order valence-electron chi connectivity index (χ2n) is 4.32. The highest BCUT2D eigenvalue weighted by molar-refractivity contribution is 9.10. The predicted octanol–water partition coefficient (Wildman–Crippen LogP) is 2.71. The largest absolute Gasteiger partial charge is 0.435 e. The van der Waals surface area contributed by atoms with Gasteiger partial charge in [0.25, 0.3) is 0 Å². The zero-order valence-electron chi connectivity index (χ0n) is 9.85. The SMILES string of the molecule is Brc1cccc2oc(C3=NCCc4[nH]cnc43)nc12. The lowest BCUT2D eigenvalue weighted by molar-refractivity contribution is 0.588. The number of nitrogens with one attached hydrogen (secondary N) is 1. The topological polar surface area (TPSA) is 67.1 Å². The molecule has 1 aliphatic rings. The maximum atomic E-state index is 5.79. The summed E-state index contributed by atoms with van der Waals surface area (Å²) >= 11 is 3.47. The summed E-state index contributed by atoms with van der Waals surface area (Å²) in [6.07, 6.45) is 2.56. The third kappa shape index (κ3) is 1.63.